The van der Waals surface area contributed by atoms with E-state index in [-0.39, 0.29) is 11.9 Å². The minimum atomic E-state index is -0.470. The van der Waals surface area contributed by atoms with Crippen LogP contribution in [0.4, 0.5) is 16.3 Å². The van der Waals surface area contributed by atoms with Crippen LogP contribution in [0.25, 0.3) is 0 Å². The SMILES string of the molecule is CN(C(=O)Nc1ccccn1)[C@@H]1CCCN(c2ccccc2)C1=O. The van der Waals surface area contributed by atoms with Crippen molar-refractivity contribution in [1.29, 1.82) is 0 Å². The molecule has 1 saturated heterocycles. The van der Waals surface area contributed by atoms with Gasteiger partial charge in [0.2, 0.25) is 5.91 Å². The molecule has 1 atom stereocenters. The summed E-state index contributed by atoms with van der Waals surface area (Å²) in [5.41, 5.74) is 0.866. The van der Waals surface area contributed by atoms with Crippen molar-refractivity contribution < 1.29 is 9.59 Å². The Hall–Kier alpha value is -2.89. The van der Waals surface area contributed by atoms with Crippen molar-refractivity contribution in [2.75, 3.05) is 23.8 Å². The molecule has 0 aliphatic carbocycles. The van der Waals surface area contributed by atoms with Gasteiger partial charge in [0, 0.05) is 25.5 Å². The van der Waals surface area contributed by atoms with E-state index in [1.54, 1.807) is 36.3 Å². The number of para-hydroxylation sites is 1. The molecule has 1 aliphatic rings. The highest BCUT2D eigenvalue weighted by atomic mass is 16.2. The van der Waals surface area contributed by atoms with Gasteiger partial charge < -0.3 is 9.80 Å². The van der Waals surface area contributed by atoms with Crippen LogP contribution in [0.15, 0.2) is 54.7 Å². The fourth-order valence-electron chi connectivity index (χ4n) is 2.86. The number of piperidine rings is 1. The number of anilines is 2. The summed E-state index contributed by atoms with van der Waals surface area (Å²) in [5, 5.41) is 2.72. The summed E-state index contributed by atoms with van der Waals surface area (Å²) in [7, 11) is 1.65. The zero-order chi connectivity index (χ0) is 16.9. The third-order valence-electron chi connectivity index (χ3n) is 4.17. The lowest BCUT2D eigenvalue weighted by atomic mass is 10.0. The largest absolute Gasteiger partial charge is 0.323 e. The monoisotopic (exact) mass is 324 g/mol. The van der Waals surface area contributed by atoms with E-state index in [1.807, 2.05) is 30.3 Å². The van der Waals surface area contributed by atoms with Crippen LogP contribution in [0.1, 0.15) is 12.8 Å². The van der Waals surface area contributed by atoms with Gasteiger partial charge in [-0.2, -0.15) is 0 Å². The first-order valence-corrected chi connectivity index (χ1v) is 7.98. The molecule has 3 rings (SSSR count). The maximum Gasteiger partial charge on any atom is 0.323 e. The molecule has 6 heteroatoms. The fourth-order valence-corrected chi connectivity index (χ4v) is 2.86. The minimum Gasteiger partial charge on any atom is -0.316 e. The van der Waals surface area contributed by atoms with Crippen molar-refractivity contribution >= 4 is 23.4 Å². The molecule has 0 saturated carbocycles. The third-order valence-corrected chi connectivity index (χ3v) is 4.17. The molecule has 1 aromatic carbocycles. The molecule has 24 heavy (non-hydrogen) atoms. The maximum atomic E-state index is 12.8. The quantitative estimate of drug-likeness (QED) is 0.944. The normalized spacial score (nSPS) is 17.5. The molecule has 2 aromatic rings. The van der Waals surface area contributed by atoms with Gasteiger partial charge in [0.1, 0.15) is 11.9 Å². The molecule has 6 nitrogen and oxygen atoms in total. The van der Waals surface area contributed by atoms with Gasteiger partial charge in [-0.05, 0) is 37.1 Å². The van der Waals surface area contributed by atoms with Crippen LogP contribution < -0.4 is 10.2 Å². The number of carbonyl (C=O) groups excluding carboxylic acids is 2. The summed E-state index contributed by atoms with van der Waals surface area (Å²) in [6, 6.07) is 14.0. The summed E-state index contributed by atoms with van der Waals surface area (Å²) >= 11 is 0. The molecule has 3 amide bonds. The number of benzene rings is 1. The van der Waals surface area contributed by atoms with Crippen molar-refractivity contribution in [3.8, 4) is 0 Å². The highest BCUT2D eigenvalue weighted by Gasteiger charge is 2.34. The second-order valence-electron chi connectivity index (χ2n) is 5.74. The van der Waals surface area contributed by atoms with Crippen LogP contribution in [-0.4, -0.2) is 41.5 Å². The molecule has 1 N–H and O–H groups in total. The number of pyridine rings is 1. The Balaban J connectivity index is 1.71. The minimum absolute atomic E-state index is 0.0499. The van der Waals surface area contributed by atoms with E-state index in [4.69, 9.17) is 0 Å². The Kier molecular flexibility index (Phi) is 4.74. The number of urea groups is 1. The Morgan fingerprint density at radius 3 is 2.67 bits per heavy atom. The Labute approximate surface area is 141 Å². The first-order valence-electron chi connectivity index (χ1n) is 7.98. The standard InChI is InChI=1S/C18H20N4O2/c1-21(18(24)20-16-11-5-6-12-19-16)15-10-7-13-22(17(15)23)14-8-3-2-4-9-14/h2-6,8-9,11-12,15H,7,10,13H2,1H3,(H,19,20,24)/t15-/m1/s1. The second-order valence-corrected chi connectivity index (χ2v) is 5.74. The molecule has 0 radical (unpaired) electrons. The zero-order valence-corrected chi connectivity index (χ0v) is 13.6. The molecule has 124 valence electrons. The molecular formula is C18H20N4O2. The number of aromatic nitrogens is 1. The van der Waals surface area contributed by atoms with Crippen molar-refractivity contribution in [3.05, 3.63) is 54.7 Å². The predicted molar refractivity (Wildman–Crippen MR) is 92.8 cm³/mol. The highest BCUT2D eigenvalue weighted by molar-refractivity contribution is 6.01. The van der Waals surface area contributed by atoms with Crippen LogP contribution in [-0.2, 0) is 4.79 Å². The van der Waals surface area contributed by atoms with Crippen LogP contribution in [0.3, 0.4) is 0 Å². The topological polar surface area (TPSA) is 65.5 Å². The first kappa shape index (κ1) is 16.0. The van der Waals surface area contributed by atoms with Gasteiger partial charge in [-0.25, -0.2) is 9.78 Å². The van der Waals surface area contributed by atoms with Crippen molar-refractivity contribution in [1.82, 2.24) is 9.88 Å². The molecule has 0 unspecified atom stereocenters. The number of nitrogens with zero attached hydrogens (tertiary/aromatic N) is 3. The molecule has 0 bridgehead atoms. The Morgan fingerprint density at radius 1 is 1.21 bits per heavy atom. The number of rotatable bonds is 3. The van der Waals surface area contributed by atoms with E-state index in [2.05, 4.69) is 10.3 Å². The van der Waals surface area contributed by atoms with Gasteiger partial charge in [-0.3, -0.25) is 10.1 Å². The number of likely N-dealkylation sites (N-methyl/N-ethyl adjacent to an activating group) is 1. The number of amides is 3. The molecular weight excluding hydrogens is 304 g/mol. The van der Waals surface area contributed by atoms with E-state index in [9.17, 15) is 9.59 Å². The Bertz CT molecular complexity index is 705. The second kappa shape index (κ2) is 7.12. The average molecular weight is 324 g/mol. The lowest BCUT2D eigenvalue weighted by Gasteiger charge is -2.36. The van der Waals surface area contributed by atoms with Gasteiger partial charge >= 0.3 is 6.03 Å². The highest BCUT2D eigenvalue weighted by Crippen LogP contribution is 2.23. The summed E-state index contributed by atoms with van der Waals surface area (Å²) in [6.45, 7) is 0.676. The van der Waals surface area contributed by atoms with Crippen LogP contribution >= 0.6 is 0 Å². The van der Waals surface area contributed by atoms with Crippen molar-refractivity contribution in [3.63, 3.8) is 0 Å². The third kappa shape index (κ3) is 3.37. The van der Waals surface area contributed by atoms with Gasteiger partial charge in [0.05, 0.1) is 0 Å². The number of hydrogen-bond acceptors (Lipinski definition) is 3. The van der Waals surface area contributed by atoms with E-state index in [1.165, 1.54) is 4.90 Å². The average Bonchev–Trinajstić information content (AvgIpc) is 2.63. The molecule has 2 heterocycles. The molecule has 0 spiro atoms. The van der Waals surface area contributed by atoms with Gasteiger partial charge in [-0.15, -0.1) is 0 Å². The van der Waals surface area contributed by atoms with Crippen molar-refractivity contribution in [2.24, 2.45) is 0 Å². The van der Waals surface area contributed by atoms with E-state index < -0.39 is 6.04 Å². The van der Waals surface area contributed by atoms with E-state index in [0.717, 1.165) is 12.1 Å². The van der Waals surface area contributed by atoms with Gasteiger partial charge in [0.15, 0.2) is 0 Å². The summed E-state index contributed by atoms with van der Waals surface area (Å²) in [6.07, 6.45) is 3.12. The molecule has 1 aromatic heterocycles. The summed E-state index contributed by atoms with van der Waals surface area (Å²) in [5.74, 6) is 0.420. The maximum absolute atomic E-state index is 12.8. The van der Waals surface area contributed by atoms with E-state index in [0.29, 0.717) is 18.8 Å². The summed E-state index contributed by atoms with van der Waals surface area (Å²) in [4.78, 5) is 32.5. The lowest BCUT2D eigenvalue weighted by molar-refractivity contribution is -0.123. The number of hydrogen-bond donors (Lipinski definition) is 1. The van der Waals surface area contributed by atoms with E-state index >= 15 is 0 Å². The smallest absolute Gasteiger partial charge is 0.316 e. The van der Waals surface area contributed by atoms with Crippen LogP contribution in [0.2, 0.25) is 0 Å². The lowest BCUT2D eigenvalue weighted by Crippen LogP contribution is -2.54. The Morgan fingerprint density at radius 2 is 1.96 bits per heavy atom. The van der Waals surface area contributed by atoms with Crippen LogP contribution in [0.5, 0.6) is 0 Å². The van der Waals surface area contributed by atoms with Gasteiger partial charge in [0.25, 0.3) is 0 Å². The fraction of sp³-hybridized carbons (Fsp3) is 0.278. The molecule has 1 aliphatic heterocycles. The molecule has 1 fully saturated rings. The number of nitrogens with one attached hydrogen (secondary N) is 1. The van der Waals surface area contributed by atoms with Crippen LogP contribution in [0, 0.1) is 0 Å². The predicted octanol–water partition coefficient (Wildman–Crippen LogP) is 2.74. The first-order chi connectivity index (χ1) is 11.7. The zero-order valence-electron chi connectivity index (χ0n) is 13.6. The van der Waals surface area contributed by atoms with Gasteiger partial charge in [-0.1, -0.05) is 24.3 Å². The number of carbonyl (C=O) groups is 2. The van der Waals surface area contributed by atoms with Crippen molar-refractivity contribution in [2.45, 2.75) is 18.9 Å². The summed E-state index contributed by atoms with van der Waals surface area (Å²) < 4.78 is 0.